The maximum absolute atomic E-state index is 12.2. The maximum Gasteiger partial charge on any atom is 0.271 e. The van der Waals surface area contributed by atoms with Crippen LogP contribution in [0, 0.1) is 0 Å². The van der Waals surface area contributed by atoms with Crippen LogP contribution < -0.4 is 9.73 Å². The third kappa shape index (κ3) is 5.28. The van der Waals surface area contributed by atoms with E-state index in [9.17, 15) is 13.2 Å². The van der Waals surface area contributed by atoms with Crippen LogP contribution in [0.15, 0.2) is 77.2 Å². The van der Waals surface area contributed by atoms with Gasteiger partial charge >= 0.3 is 0 Å². The minimum Gasteiger partial charge on any atom is -0.267 e. The number of carbonyl (C=O) groups is 1. The number of amides is 1. The van der Waals surface area contributed by atoms with Crippen LogP contribution in [0.25, 0.3) is 0 Å². The molecule has 1 aromatic heterocycles. The molecule has 2 aromatic carbocycles. The molecule has 1 amide bonds. The zero-order valence-electron chi connectivity index (χ0n) is 15.1. The molecule has 0 saturated heterocycles. The van der Waals surface area contributed by atoms with Crippen molar-refractivity contribution in [3.8, 4) is 0 Å². The van der Waals surface area contributed by atoms with E-state index in [1.165, 1.54) is 21.9 Å². The van der Waals surface area contributed by atoms with Crippen LogP contribution in [0.2, 0.25) is 0 Å². The summed E-state index contributed by atoms with van der Waals surface area (Å²) >= 11 is 1.52. The van der Waals surface area contributed by atoms with Gasteiger partial charge in [-0.1, -0.05) is 36.4 Å². The summed E-state index contributed by atoms with van der Waals surface area (Å²) in [5.41, 5.74) is 4.28. The van der Waals surface area contributed by atoms with Crippen molar-refractivity contribution in [3.05, 3.63) is 88.1 Å². The molecule has 28 heavy (non-hydrogen) atoms. The Kier molecular flexibility index (Phi) is 6.23. The molecule has 0 fully saturated rings. The highest BCUT2D eigenvalue weighted by Crippen LogP contribution is 2.20. The molecule has 3 rings (SSSR count). The molecule has 1 heterocycles. The van der Waals surface area contributed by atoms with E-state index in [-0.39, 0.29) is 12.5 Å². The molecule has 0 bridgehead atoms. The first-order valence-corrected chi connectivity index (χ1v) is 11.1. The highest BCUT2D eigenvalue weighted by Gasteiger charge is 2.17. The van der Waals surface area contributed by atoms with Crippen LogP contribution in [-0.4, -0.2) is 26.8 Å². The van der Waals surface area contributed by atoms with Crippen molar-refractivity contribution in [2.24, 2.45) is 5.10 Å². The summed E-state index contributed by atoms with van der Waals surface area (Å²) in [4.78, 5) is 13.1. The van der Waals surface area contributed by atoms with Gasteiger partial charge in [-0.25, -0.2) is 13.8 Å². The molecule has 6 nitrogen and oxygen atoms in total. The van der Waals surface area contributed by atoms with Crippen LogP contribution >= 0.6 is 11.3 Å². The van der Waals surface area contributed by atoms with Crippen LogP contribution in [0.1, 0.15) is 20.8 Å². The van der Waals surface area contributed by atoms with Gasteiger partial charge in [-0.3, -0.25) is 9.10 Å². The van der Waals surface area contributed by atoms with Crippen molar-refractivity contribution in [3.63, 3.8) is 0 Å². The topological polar surface area (TPSA) is 78.8 Å². The van der Waals surface area contributed by atoms with E-state index in [1.54, 1.807) is 54.7 Å². The van der Waals surface area contributed by atoms with Crippen LogP contribution in [0.4, 0.5) is 5.69 Å². The van der Waals surface area contributed by atoms with E-state index in [1.807, 2.05) is 23.6 Å². The predicted octanol–water partition coefficient (Wildman–Crippen LogP) is 3.48. The lowest BCUT2D eigenvalue weighted by atomic mass is 10.1. The molecule has 0 radical (unpaired) electrons. The summed E-state index contributed by atoms with van der Waals surface area (Å²) in [5, 5.41) is 5.86. The number of nitrogens with one attached hydrogen (secondary N) is 1. The summed E-state index contributed by atoms with van der Waals surface area (Å²) in [5.74, 6) is -0.331. The number of hydrogen-bond donors (Lipinski definition) is 1. The number of hydrazone groups is 1. The number of rotatable bonds is 7. The Bertz CT molecular complexity index is 1050. The first-order chi connectivity index (χ1) is 13.4. The van der Waals surface area contributed by atoms with Gasteiger partial charge in [0.15, 0.2) is 0 Å². The fourth-order valence-corrected chi connectivity index (χ4v) is 3.98. The fraction of sp³-hybridized carbons (Fsp3) is 0.100. The summed E-state index contributed by atoms with van der Waals surface area (Å²) in [6.45, 7) is 0.182. The van der Waals surface area contributed by atoms with Crippen molar-refractivity contribution >= 4 is 39.2 Å². The third-order valence-electron chi connectivity index (χ3n) is 3.89. The monoisotopic (exact) mass is 413 g/mol. The molecule has 8 heteroatoms. The zero-order chi connectivity index (χ0) is 20.0. The van der Waals surface area contributed by atoms with E-state index >= 15 is 0 Å². The quantitative estimate of drug-likeness (QED) is 0.476. The van der Waals surface area contributed by atoms with Crippen molar-refractivity contribution in [1.29, 1.82) is 0 Å². The lowest BCUT2D eigenvalue weighted by molar-refractivity contribution is 0.0955. The Hall–Kier alpha value is -2.97. The van der Waals surface area contributed by atoms with Gasteiger partial charge in [-0.2, -0.15) is 5.10 Å². The van der Waals surface area contributed by atoms with Crippen LogP contribution in [-0.2, 0) is 16.6 Å². The van der Waals surface area contributed by atoms with Crippen LogP contribution in [0.3, 0.4) is 0 Å². The summed E-state index contributed by atoms with van der Waals surface area (Å²) < 4.78 is 25.7. The standard InChI is InChI=1S/C20H19N3O3S2/c1-28(25,26)23(18-6-3-2-4-7-18)15-16-9-11-17(12-10-16)20(24)22-21-14-19-8-5-13-27-19/h2-14H,15H2,1H3,(H,22,24)/b21-14-. The number of thiophene rings is 1. The van der Waals surface area contributed by atoms with Gasteiger partial charge in [0, 0.05) is 10.4 Å². The molecule has 0 spiro atoms. The Balaban J connectivity index is 1.68. The molecule has 0 atom stereocenters. The summed E-state index contributed by atoms with van der Waals surface area (Å²) in [6.07, 6.45) is 2.76. The second-order valence-electron chi connectivity index (χ2n) is 6.02. The van der Waals surface area contributed by atoms with Gasteiger partial charge in [0.1, 0.15) is 0 Å². The Labute approximate surface area is 168 Å². The first kappa shape index (κ1) is 19.8. The second kappa shape index (κ2) is 8.81. The molecule has 1 N–H and O–H groups in total. The Morgan fingerprint density at radius 3 is 2.39 bits per heavy atom. The molecule has 0 unspecified atom stereocenters. The number of carbonyl (C=O) groups excluding carboxylic acids is 1. The van der Waals surface area contributed by atoms with Crippen molar-refractivity contribution < 1.29 is 13.2 Å². The third-order valence-corrected chi connectivity index (χ3v) is 5.84. The lowest BCUT2D eigenvalue weighted by Crippen LogP contribution is -2.29. The number of hydrogen-bond acceptors (Lipinski definition) is 5. The average Bonchev–Trinajstić information content (AvgIpc) is 3.20. The SMILES string of the molecule is CS(=O)(=O)N(Cc1ccc(C(=O)N/N=C\c2cccs2)cc1)c1ccccc1. The maximum atomic E-state index is 12.2. The van der Waals surface area contributed by atoms with E-state index in [4.69, 9.17) is 0 Å². The van der Waals surface area contributed by atoms with Crippen molar-refractivity contribution in [1.82, 2.24) is 5.43 Å². The van der Waals surface area contributed by atoms with Crippen molar-refractivity contribution in [2.75, 3.05) is 10.6 Å². The highest BCUT2D eigenvalue weighted by molar-refractivity contribution is 7.92. The van der Waals surface area contributed by atoms with Gasteiger partial charge in [0.05, 0.1) is 24.7 Å². The van der Waals surface area contributed by atoms with Crippen molar-refractivity contribution in [2.45, 2.75) is 6.54 Å². The molecule has 144 valence electrons. The molecular formula is C20H19N3O3S2. The smallest absolute Gasteiger partial charge is 0.267 e. The largest absolute Gasteiger partial charge is 0.271 e. The molecule has 0 aliphatic carbocycles. The minimum atomic E-state index is -3.44. The van der Waals surface area contributed by atoms with E-state index in [0.29, 0.717) is 11.3 Å². The lowest BCUT2D eigenvalue weighted by Gasteiger charge is -2.22. The van der Waals surface area contributed by atoms with Gasteiger partial charge in [-0.15, -0.1) is 11.3 Å². The number of para-hydroxylation sites is 1. The van der Waals surface area contributed by atoms with E-state index in [0.717, 1.165) is 10.4 Å². The number of anilines is 1. The van der Waals surface area contributed by atoms with Gasteiger partial charge in [-0.05, 0) is 41.3 Å². The highest BCUT2D eigenvalue weighted by atomic mass is 32.2. The van der Waals surface area contributed by atoms with Gasteiger partial charge < -0.3 is 0 Å². The molecular weight excluding hydrogens is 394 g/mol. The summed E-state index contributed by atoms with van der Waals surface area (Å²) in [6, 6.07) is 19.5. The molecule has 0 saturated carbocycles. The van der Waals surface area contributed by atoms with Gasteiger partial charge in [0.25, 0.3) is 5.91 Å². The van der Waals surface area contributed by atoms with Crippen LogP contribution in [0.5, 0.6) is 0 Å². The Morgan fingerprint density at radius 1 is 1.07 bits per heavy atom. The average molecular weight is 414 g/mol. The number of sulfonamides is 1. The molecule has 0 aliphatic rings. The number of nitrogens with zero attached hydrogens (tertiary/aromatic N) is 2. The van der Waals surface area contributed by atoms with Gasteiger partial charge in [0.2, 0.25) is 10.0 Å². The minimum absolute atomic E-state index is 0.182. The fourth-order valence-electron chi connectivity index (χ4n) is 2.51. The van der Waals surface area contributed by atoms with E-state index in [2.05, 4.69) is 10.5 Å². The summed E-state index contributed by atoms with van der Waals surface area (Å²) in [7, 11) is -3.44. The second-order valence-corrected chi connectivity index (χ2v) is 8.90. The normalized spacial score (nSPS) is 11.5. The number of benzene rings is 2. The van der Waals surface area contributed by atoms with E-state index < -0.39 is 10.0 Å². The molecule has 3 aromatic rings. The molecule has 0 aliphatic heterocycles. The first-order valence-electron chi connectivity index (χ1n) is 8.42. The predicted molar refractivity (Wildman–Crippen MR) is 113 cm³/mol. The Morgan fingerprint density at radius 2 is 1.79 bits per heavy atom. The zero-order valence-corrected chi connectivity index (χ0v) is 16.8.